The van der Waals surface area contributed by atoms with Crippen LogP contribution < -0.4 is 5.73 Å². The monoisotopic (exact) mass is 344 g/mol. The predicted molar refractivity (Wildman–Crippen MR) is 73.6 cm³/mol. The zero-order chi connectivity index (χ0) is 14.0. The summed E-state index contributed by atoms with van der Waals surface area (Å²) in [6.07, 6.45) is 1.51. The van der Waals surface area contributed by atoms with Gasteiger partial charge in [-0.1, -0.05) is 0 Å². The van der Waals surface area contributed by atoms with E-state index in [0.717, 1.165) is 16.6 Å². The van der Waals surface area contributed by atoms with Crippen LogP contribution in [0.1, 0.15) is 5.69 Å². The second-order valence-corrected chi connectivity index (χ2v) is 6.78. The third-order valence-electron chi connectivity index (χ3n) is 2.43. The van der Waals surface area contributed by atoms with Gasteiger partial charge >= 0.3 is 0 Å². The topological polar surface area (TPSA) is 73.1 Å². The van der Waals surface area contributed by atoms with Crippen molar-refractivity contribution in [3.63, 3.8) is 0 Å². The predicted octanol–water partition coefficient (Wildman–Crippen LogP) is 2.54. The van der Waals surface area contributed by atoms with Gasteiger partial charge in [-0.25, -0.2) is 12.8 Å². The lowest BCUT2D eigenvalue weighted by atomic mass is 10.3. The van der Waals surface area contributed by atoms with Crippen LogP contribution in [0.25, 0.3) is 0 Å². The minimum absolute atomic E-state index is 0.0846. The molecule has 0 aliphatic carbocycles. The van der Waals surface area contributed by atoms with Crippen LogP contribution in [0.3, 0.4) is 0 Å². The third-order valence-corrected chi connectivity index (χ3v) is 4.62. The van der Waals surface area contributed by atoms with Gasteiger partial charge in [-0.2, -0.15) is 0 Å². The van der Waals surface area contributed by atoms with Gasteiger partial charge in [0, 0.05) is 10.7 Å². The number of anilines is 1. The maximum atomic E-state index is 12.9. The summed E-state index contributed by atoms with van der Waals surface area (Å²) in [5, 5.41) is 0. The summed E-state index contributed by atoms with van der Waals surface area (Å²) in [5.41, 5.74) is 5.83. The van der Waals surface area contributed by atoms with Crippen molar-refractivity contribution in [2.75, 3.05) is 5.73 Å². The van der Waals surface area contributed by atoms with Crippen LogP contribution >= 0.6 is 15.9 Å². The van der Waals surface area contributed by atoms with E-state index >= 15 is 0 Å². The normalized spacial score (nSPS) is 11.5. The lowest BCUT2D eigenvalue weighted by Crippen LogP contribution is -2.09. The largest absolute Gasteiger partial charge is 0.398 e. The number of sulfone groups is 1. The van der Waals surface area contributed by atoms with Crippen molar-refractivity contribution in [3.05, 3.63) is 52.5 Å². The Morgan fingerprint density at radius 2 is 2.00 bits per heavy atom. The molecule has 0 radical (unpaired) electrons. The van der Waals surface area contributed by atoms with Gasteiger partial charge in [-0.15, -0.1) is 0 Å². The molecule has 1 heterocycles. The molecule has 1 aromatic heterocycles. The number of hydrogen-bond acceptors (Lipinski definition) is 4. The van der Waals surface area contributed by atoms with Crippen molar-refractivity contribution in [1.82, 2.24) is 4.98 Å². The molecular weight excluding hydrogens is 335 g/mol. The van der Waals surface area contributed by atoms with Crippen LogP contribution in [-0.4, -0.2) is 13.4 Å². The van der Waals surface area contributed by atoms with Gasteiger partial charge in [-0.3, -0.25) is 4.98 Å². The lowest BCUT2D eigenvalue weighted by Gasteiger charge is -2.07. The van der Waals surface area contributed by atoms with Crippen LogP contribution in [0.4, 0.5) is 10.1 Å². The second kappa shape index (κ2) is 5.26. The lowest BCUT2D eigenvalue weighted by molar-refractivity contribution is 0.594. The number of nitrogens with zero attached hydrogens (tertiary/aromatic N) is 1. The molecule has 19 heavy (non-hydrogen) atoms. The summed E-state index contributed by atoms with van der Waals surface area (Å²) < 4.78 is 38.0. The first kappa shape index (κ1) is 14.0. The number of benzene rings is 1. The molecule has 1 aromatic carbocycles. The Bertz CT molecular complexity index is 702. The molecule has 0 amide bonds. The molecule has 100 valence electrons. The molecule has 0 saturated carbocycles. The Labute approximate surface area is 118 Å². The van der Waals surface area contributed by atoms with E-state index in [9.17, 15) is 12.8 Å². The molecule has 0 atom stereocenters. The molecule has 2 aromatic rings. The van der Waals surface area contributed by atoms with Crippen LogP contribution in [0.2, 0.25) is 0 Å². The molecule has 0 spiro atoms. The van der Waals surface area contributed by atoms with E-state index < -0.39 is 15.7 Å². The highest BCUT2D eigenvalue weighted by molar-refractivity contribution is 9.10. The van der Waals surface area contributed by atoms with Crippen molar-refractivity contribution in [3.8, 4) is 0 Å². The fourth-order valence-electron chi connectivity index (χ4n) is 1.57. The fraction of sp³-hybridized carbons (Fsp3) is 0.0833. The molecule has 4 nitrogen and oxygen atoms in total. The third kappa shape index (κ3) is 3.30. The molecule has 0 aliphatic rings. The van der Waals surface area contributed by atoms with Gasteiger partial charge in [0.1, 0.15) is 5.82 Å². The average molecular weight is 345 g/mol. The Balaban J connectivity index is 2.35. The van der Waals surface area contributed by atoms with E-state index in [4.69, 9.17) is 5.73 Å². The van der Waals surface area contributed by atoms with E-state index in [2.05, 4.69) is 20.9 Å². The Morgan fingerprint density at radius 3 is 2.58 bits per heavy atom. The SMILES string of the molecule is Nc1cc(F)ccc1S(=O)(=O)Cc1ccc(Br)cn1. The first-order valence-electron chi connectivity index (χ1n) is 5.27. The van der Waals surface area contributed by atoms with E-state index in [-0.39, 0.29) is 16.3 Å². The second-order valence-electron chi connectivity index (χ2n) is 3.91. The van der Waals surface area contributed by atoms with Gasteiger partial charge in [-0.05, 0) is 46.3 Å². The molecule has 2 N–H and O–H groups in total. The van der Waals surface area contributed by atoms with Crippen molar-refractivity contribution >= 4 is 31.5 Å². The molecule has 7 heteroatoms. The maximum absolute atomic E-state index is 12.9. The summed E-state index contributed by atoms with van der Waals surface area (Å²) in [6.45, 7) is 0. The van der Waals surface area contributed by atoms with E-state index in [1.54, 1.807) is 12.1 Å². The highest BCUT2D eigenvalue weighted by Gasteiger charge is 2.19. The molecular formula is C12H10BrFN2O2S. The smallest absolute Gasteiger partial charge is 0.186 e. The quantitative estimate of drug-likeness (QED) is 0.685. The molecule has 2 rings (SSSR count). The zero-order valence-corrected chi connectivity index (χ0v) is 12.1. The molecule has 0 fully saturated rings. The van der Waals surface area contributed by atoms with Crippen LogP contribution in [0.15, 0.2) is 45.9 Å². The summed E-state index contributed by atoms with van der Waals surface area (Å²) >= 11 is 3.22. The highest BCUT2D eigenvalue weighted by atomic mass is 79.9. The van der Waals surface area contributed by atoms with E-state index in [0.29, 0.717) is 5.69 Å². The maximum Gasteiger partial charge on any atom is 0.186 e. The Morgan fingerprint density at radius 1 is 1.26 bits per heavy atom. The van der Waals surface area contributed by atoms with Crippen molar-refractivity contribution in [2.45, 2.75) is 10.6 Å². The van der Waals surface area contributed by atoms with E-state index in [1.165, 1.54) is 12.3 Å². The number of rotatable bonds is 3. The molecule has 0 aliphatic heterocycles. The van der Waals surface area contributed by atoms with Crippen molar-refractivity contribution in [2.24, 2.45) is 0 Å². The van der Waals surface area contributed by atoms with Crippen molar-refractivity contribution < 1.29 is 12.8 Å². The van der Waals surface area contributed by atoms with Gasteiger partial charge in [0.15, 0.2) is 9.84 Å². The number of nitrogens with two attached hydrogens (primary N) is 1. The first-order valence-corrected chi connectivity index (χ1v) is 7.71. The molecule has 0 unspecified atom stereocenters. The number of pyridine rings is 1. The standard InChI is InChI=1S/C12H10BrFN2O2S/c13-8-1-3-10(16-6-8)7-19(17,18)12-4-2-9(14)5-11(12)15/h1-6H,7,15H2. The summed E-state index contributed by atoms with van der Waals surface area (Å²) in [5.74, 6) is -0.853. The summed E-state index contributed by atoms with van der Waals surface area (Å²) in [4.78, 5) is 3.91. The summed E-state index contributed by atoms with van der Waals surface area (Å²) in [7, 11) is -3.64. The first-order chi connectivity index (χ1) is 8.88. The van der Waals surface area contributed by atoms with Gasteiger partial charge in [0.2, 0.25) is 0 Å². The fourth-order valence-corrected chi connectivity index (χ4v) is 3.21. The Kier molecular flexibility index (Phi) is 3.86. The molecule has 0 saturated heterocycles. The van der Waals surface area contributed by atoms with Crippen LogP contribution in [0, 0.1) is 5.82 Å². The summed E-state index contributed by atoms with van der Waals surface area (Å²) in [6, 6.07) is 6.52. The minimum Gasteiger partial charge on any atom is -0.398 e. The van der Waals surface area contributed by atoms with Gasteiger partial charge in [0.05, 0.1) is 22.0 Å². The van der Waals surface area contributed by atoms with Crippen LogP contribution in [0.5, 0.6) is 0 Å². The minimum atomic E-state index is -3.64. The van der Waals surface area contributed by atoms with Gasteiger partial charge in [0.25, 0.3) is 0 Å². The molecule has 0 bridgehead atoms. The van der Waals surface area contributed by atoms with Crippen molar-refractivity contribution in [1.29, 1.82) is 0 Å². The Hall–Kier alpha value is -1.47. The number of nitrogen functional groups attached to an aromatic ring is 1. The van der Waals surface area contributed by atoms with Crippen LogP contribution in [-0.2, 0) is 15.6 Å². The highest BCUT2D eigenvalue weighted by Crippen LogP contribution is 2.23. The van der Waals surface area contributed by atoms with E-state index in [1.807, 2.05) is 0 Å². The van der Waals surface area contributed by atoms with Gasteiger partial charge < -0.3 is 5.73 Å². The number of halogens is 2. The average Bonchev–Trinajstić information content (AvgIpc) is 2.31. The zero-order valence-electron chi connectivity index (χ0n) is 9.68. The number of hydrogen-bond donors (Lipinski definition) is 1. The number of aromatic nitrogens is 1.